The van der Waals surface area contributed by atoms with Crippen LogP contribution in [0, 0.1) is 11.3 Å². The molecule has 3 rings (SSSR count). The summed E-state index contributed by atoms with van der Waals surface area (Å²) in [6.45, 7) is 4.84. The molecule has 2 aliphatic heterocycles. The average Bonchev–Trinajstić information content (AvgIpc) is 3.02. The predicted molar refractivity (Wildman–Crippen MR) is 105 cm³/mol. The minimum atomic E-state index is -0.0529. The standard InChI is InChI=1S/C21H28N4O3/c22-15-18-5-7-19(8-6-18)28-17-21(27)25-13-11-23(12-14-25)16-20(26)24-9-3-1-2-4-10-24/h5-8H,1-4,9-14,16-17H2. The Morgan fingerprint density at radius 2 is 1.46 bits per heavy atom. The molecule has 0 saturated carbocycles. The van der Waals surface area contributed by atoms with E-state index in [4.69, 9.17) is 10.00 Å². The summed E-state index contributed by atoms with van der Waals surface area (Å²) in [6.07, 6.45) is 4.64. The average molecular weight is 384 g/mol. The minimum absolute atomic E-state index is 0.0153. The van der Waals surface area contributed by atoms with Gasteiger partial charge in [0.05, 0.1) is 18.2 Å². The van der Waals surface area contributed by atoms with Gasteiger partial charge in [0, 0.05) is 39.3 Å². The quantitative estimate of drug-likeness (QED) is 0.769. The van der Waals surface area contributed by atoms with Gasteiger partial charge in [0.15, 0.2) is 6.61 Å². The number of piperazine rings is 1. The molecule has 2 aliphatic rings. The van der Waals surface area contributed by atoms with Crippen LogP contribution in [0.25, 0.3) is 0 Å². The summed E-state index contributed by atoms with van der Waals surface area (Å²) in [7, 11) is 0. The van der Waals surface area contributed by atoms with Crippen molar-refractivity contribution in [3.8, 4) is 11.8 Å². The van der Waals surface area contributed by atoms with Crippen molar-refractivity contribution in [2.24, 2.45) is 0 Å². The Balaban J connectivity index is 1.38. The van der Waals surface area contributed by atoms with Gasteiger partial charge in [-0.25, -0.2) is 0 Å². The summed E-state index contributed by atoms with van der Waals surface area (Å²) in [6, 6.07) is 8.77. The maximum absolute atomic E-state index is 12.5. The van der Waals surface area contributed by atoms with E-state index in [2.05, 4.69) is 4.90 Å². The Bertz CT molecular complexity index is 697. The molecule has 150 valence electrons. The normalized spacial score (nSPS) is 18.2. The molecule has 0 atom stereocenters. The number of likely N-dealkylation sites (tertiary alicyclic amines) is 1. The second kappa shape index (κ2) is 10.1. The number of ether oxygens (including phenoxy) is 1. The number of hydrogen-bond acceptors (Lipinski definition) is 5. The zero-order valence-corrected chi connectivity index (χ0v) is 16.3. The van der Waals surface area contributed by atoms with Gasteiger partial charge in [-0.1, -0.05) is 12.8 Å². The molecule has 28 heavy (non-hydrogen) atoms. The van der Waals surface area contributed by atoms with E-state index in [0.29, 0.717) is 44.0 Å². The summed E-state index contributed by atoms with van der Waals surface area (Å²) in [4.78, 5) is 30.8. The number of carbonyl (C=O) groups is 2. The highest BCUT2D eigenvalue weighted by molar-refractivity contribution is 5.79. The first-order chi connectivity index (χ1) is 13.7. The minimum Gasteiger partial charge on any atom is -0.484 e. The van der Waals surface area contributed by atoms with Gasteiger partial charge in [-0.15, -0.1) is 0 Å². The number of hydrogen-bond donors (Lipinski definition) is 0. The van der Waals surface area contributed by atoms with Crippen LogP contribution in [0.2, 0.25) is 0 Å². The molecule has 2 amide bonds. The van der Waals surface area contributed by atoms with Crippen LogP contribution in [0.5, 0.6) is 5.75 Å². The maximum Gasteiger partial charge on any atom is 0.260 e. The van der Waals surface area contributed by atoms with E-state index < -0.39 is 0 Å². The van der Waals surface area contributed by atoms with Crippen molar-refractivity contribution in [3.05, 3.63) is 29.8 Å². The lowest BCUT2D eigenvalue weighted by Gasteiger charge is -2.35. The fraction of sp³-hybridized carbons (Fsp3) is 0.571. The van der Waals surface area contributed by atoms with Crippen molar-refractivity contribution in [2.45, 2.75) is 25.7 Å². The lowest BCUT2D eigenvalue weighted by atomic mass is 10.2. The lowest BCUT2D eigenvalue weighted by Crippen LogP contribution is -2.52. The van der Waals surface area contributed by atoms with Crippen LogP contribution in [0.3, 0.4) is 0 Å². The number of carbonyl (C=O) groups excluding carboxylic acids is 2. The highest BCUT2D eigenvalue weighted by atomic mass is 16.5. The fourth-order valence-corrected chi connectivity index (χ4v) is 3.63. The van der Waals surface area contributed by atoms with Crippen LogP contribution in [0.4, 0.5) is 0 Å². The number of nitriles is 1. The highest BCUT2D eigenvalue weighted by Crippen LogP contribution is 2.13. The SMILES string of the molecule is N#Cc1ccc(OCC(=O)N2CCN(CC(=O)N3CCCCCC3)CC2)cc1. The Kier molecular flexibility index (Phi) is 7.26. The van der Waals surface area contributed by atoms with E-state index in [9.17, 15) is 9.59 Å². The van der Waals surface area contributed by atoms with Gasteiger partial charge in [0.2, 0.25) is 5.91 Å². The third-order valence-electron chi connectivity index (χ3n) is 5.39. The molecule has 0 unspecified atom stereocenters. The van der Waals surface area contributed by atoms with Crippen LogP contribution >= 0.6 is 0 Å². The molecule has 0 aromatic heterocycles. The summed E-state index contributed by atoms with van der Waals surface area (Å²) >= 11 is 0. The number of nitrogens with zero attached hydrogens (tertiary/aromatic N) is 4. The molecular weight excluding hydrogens is 356 g/mol. The van der Waals surface area contributed by atoms with Gasteiger partial charge < -0.3 is 14.5 Å². The second-order valence-electron chi connectivity index (χ2n) is 7.38. The molecule has 0 bridgehead atoms. The fourth-order valence-electron chi connectivity index (χ4n) is 3.63. The summed E-state index contributed by atoms with van der Waals surface area (Å²) < 4.78 is 5.53. The molecule has 2 fully saturated rings. The molecule has 7 nitrogen and oxygen atoms in total. The van der Waals surface area contributed by atoms with E-state index >= 15 is 0 Å². The smallest absolute Gasteiger partial charge is 0.260 e. The van der Waals surface area contributed by atoms with Crippen molar-refractivity contribution in [2.75, 3.05) is 52.4 Å². The summed E-state index contributed by atoms with van der Waals surface area (Å²) in [5, 5.41) is 8.80. The molecule has 2 heterocycles. The van der Waals surface area contributed by atoms with Crippen LogP contribution in [0.15, 0.2) is 24.3 Å². The Morgan fingerprint density at radius 1 is 0.857 bits per heavy atom. The Morgan fingerprint density at radius 3 is 2.07 bits per heavy atom. The zero-order chi connectivity index (χ0) is 19.8. The van der Waals surface area contributed by atoms with Gasteiger partial charge >= 0.3 is 0 Å². The number of rotatable bonds is 5. The Hall–Kier alpha value is -2.59. The van der Waals surface area contributed by atoms with Gasteiger partial charge in [-0.2, -0.15) is 5.26 Å². The first-order valence-electron chi connectivity index (χ1n) is 10.1. The largest absolute Gasteiger partial charge is 0.484 e. The van der Waals surface area contributed by atoms with Gasteiger partial charge in [-0.05, 0) is 37.1 Å². The second-order valence-corrected chi connectivity index (χ2v) is 7.38. The summed E-state index contributed by atoms with van der Waals surface area (Å²) in [5.41, 5.74) is 0.560. The molecule has 1 aromatic carbocycles. The number of amides is 2. The number of benzene rings is 1. The van der Waals surface area contributed by atoms with E-state index in [1.54, 1.807) is 29.2 Å². The van der Waals surface area contributed by atoms with Crippen LogP contribution in [0.1, 0.15) is 31.2 Å². The maximum atomic E-state index is 12.5. The van der Waals surface area contributed by atoms with Crippen molar-refractivity contribution in [3.63, 3.8) is 0 Å². The van der Waals surface area contributed by atoms with E-state index in [1.807, 2.05) is 11.0 Å². The van der Waals surface area contributed by atoms with Gasteiger partial charge in [0.25, 0.3) is 5.91 Å². The van der Waals surface area contributed by atoms with E-state index in [-0.39, 0.29) is 18.4 Å². The van der Waals surface area contributed by atoms with E-state index in [1.165, 1.54) is 12.8 Å². The van der Waals surface area contributed by atoms with Gasteiger partial charge in [0.1, 0.15) is 5.75 Å². The molecule has 0 aliphatic carbocycles. The zero-order valence-electron chi connectivity index (χ0n) is 16.3. The first kappa shape index (κ1) is 20.2. The van der Waals surface area contributed by atoms with Crippen LogP contribution in [-0.2, 0) is 9.59 Å². The highest BCUT2D eigenvalue weighted by Gasteiger charge is 2.24. The van der Waals surface area contributed by atoms with Crippen molar-refractivity contribution >= 4 is 11.8 Å². The van der Waals surface area contributed by atoms with Crippen LogP contribution < -0.4 is 4.74 Å². The lowest BCUT2D eigenvalue weighted by molar-refractivity contribution is -0.136. The third kappa shape index (κ3) is 5.70. The summed E-state index contributed by atoms with van der Waals surface area (Å²) in [5.74, 6) is 0.739. The van der Waals surface area contributed by atoms with Crippen molar-refractivity contribution in [1.82, 2.24) is 14.7 Å². The van der Waals surface area contributed by atoms with E-state index in [0.717, 1.165) is 25.9 Å². The predicted octanol–water partition coefficient (Wildman–Crippen LogP) is 1.48. The molecule has 0 spiro atoms. The topological polar surface area (TPSA) is 76.9 Å². The van der Waals surface area contributed by atoms with Crippen molar-refractivity contribution in [1.29, 1.82) is 5.26 Å². The molecular formula is C21H28N4O3. The van der Waals surface area contributed by atoms with Crippen molar-refractivity contribution < 1.29 is 14.3 Å². The molecule has 0 radical (unpaired) electrons. The third-order valence-corrected chi connectivity index (χ3v) is 5.39. The van der Waals surface area contributed by atoms with Crippen LogP contribution in [-0.4, -0.2) is 78.9 Å². The Labute approximate surface area is 166 Å². The first-order valence-corrected chi connectivity index (χ1v) is 10.1. The van der Waals surface area contributed by atoms with Gasteiger partial charge in [-0.3, -0.25) is 14.5 Å². The molecule has 0 N–H and O–H groups in total. The molecule has 2 saturated heterocycles. The molecule has 7 heteroatoms. The molecule has 1 aromatic rings. The monoisotopic (exact) mass is 384 g/mol.